The Labute approximate surface area is 140 Å². The maximum absolute atomic E-state index is 12.6. The van der Waals surface area contributed by atoms with Gasteiger partial charge in [-0.1, -0.05) is 25.4 Å². The average Bonchev–Trinajstić information content (AvgIpc) is 2.77. The molecule has 1 aromatic heterocycles. The van der Waals surface area contributed by atoms with E-state index in [0.717, 1.165) is 11.3 Å². The lowest BCUT2D eigenvalue weighted by Gasteiger charge is -2.33. The lowest BCUT2D eigenvalue weighted by molar-refractivity contribution is 0.0692. The van der Waals surface area contributed by atoms with Crippen LogP contribution in [-0.2, 0) is 16.4 Å². The van der Waals surface area contributed by atoms with Gasteiger partial charge >= 0.3 is 0 Å². The number of amides is 1. The molecule has 0 saturated carbocycles. The van der Waals surface area contributed by atoms with Gasteiger partial charge in [0.1, 0.15) is 5.69 Å². The van der Waals surface area contributed by atoms with E-state index in [1.807, 2.05) is 0 Å². The Balaban J connectivity index is 2.10. The number of carbonyl (C=O) groups is 1. The molecule has 1 fully saturated rings. The summed E-state index contributed by atoms with van der Waals surface area (Å²) in [4.78, 5) is 19.3. The second-order valence-corrected chi connectivity index (χ2v) is 9.44. The van der Waals surface area contributed by atoms with E-state index in [2.05, 4.69) is 18.8 Å². The van der Waals surface area contributed by atoms with Crippen LogP contribution in [0.3, 0.4) is 0 Å². The molecule has 2 heterocycles. The quantitative estimate of drug-likeness (QED) is 0.814. The molecule has 1 aliphatic rings. The Morgan fingerprint density at radius 2 is 1.91 bits per heavy atom. The zero-order valence-electron chi connectivity index (χ0n) is 12.9. The third kappa shape index (κ3) is 4.18. The van der Waals surface area contributed by atoms with Gasteiger partial charge in [-0.2, -0.15) is 4.31 Å². The highest BCUT2D eigenvalue weighted by molar-refractivity contribution is 7.88. The highest BCUT2D eigenvalue weighted by Gasteiger charge is 2.29. The van der Waals surface area contributed by atoms with E-state index >= 15 is 0 Å². The van der Waals surface area contributed by atoms with Crippen molar-refractivity contribution in [3.05, 3.63) is 15.0 Å². The van der Waals surface area contributed by atoms with Crippen molar-refractivity contribution in [2.75, 3.05) is 32.4 Å². The van der Waals surface area contributed by atoms with Gasteiger partial charge in [0.25, 0.3) is 5.91 Å². The Kier molecular flexibility index (Phi) is 5.47. The van der Waals surface area contributed by atoms with Gasteiger partial charge in [-0.3, -0.25) is 4.79 Å². The summed E-state index contributed by atoms with van der Waals surface area (Å²) in [6.07, 6.45) is 1.94. The van der Waals surface area contributed by atoms with Crippen LogP contribution in [-0.4, -0.2) is 60.9 Å². The predicted octanol–water partition coefficient (Wildman–Crippen LogP) is 1.71. The molecule has 1 aromatic rings. The van der Waals surface area contributed by atoms with E-state index in [1.165, 1.54) is 21.9 Å². The highest BCUT2D eigenvalue weighted by atomic mass is 35.5. The van der Waals surface area contributed by atoms with E-state index in [-0.39, 0.29) is 5.91 Å². The van der Waals surface area contributed by atoms with Crippen LogP contribution in [0.1, 0.15) is 29.2 Å². The first kappa shape index (κ1) is 17.7. The van der Waals surface area contributed by atoms with E-state index in [0.29, 0.717) is 42.3 Å². The summed E-state index contributed by atoms with van der Waals surface area (Å²) < 4.78 is 24.8. The monoisotopic (exact) mass is 365 g/mol. The van der Waals surface area contributed by atoms with E-state index in [4.69, 9.17) is 11.6 Å². The third-order valence-corrected chi connectivity index (χ3v) is 5.95. The first-order chi connectivity index (χ1) is 10.2. The molecule has 1 aliphatic heterocycles. The van der Waals surface area contributed by atoms with Gasteiger partial charge in [-0.05, 0) is 12.3 Å². The molecule has 6 nitrogen and oxygen atoms in total. The van der Waals surface area contributed by atoms with Crippen LogP contribution in [0, 0.1) is 5.92 Å². The largest absolute Gasteiger partial charge is 0.335 e. The Morgan fingerprint density at radius 3 is 2.41 bits per heavy atom. The summed E-state index contributed by atoms with van der Waals surface area (Å²) in [5.41, 5.74) is 0.413. The van der Waals surface area contributed by atoms with Crippen molar-refractivity contribution in [3.8, 4) is 0 Å². The smallest absolute Gasteiger partial charge is 0.273 e. The zero-order valence-corrected chi connectivity index (χ0v) is 15.3. The summed E-state index contributed by atoms with van der Waals surface area (Å²) in [7, 11) is -3.20. The maximum atomic E-state index is 12.6. The lowest BCUT2D eigenvalue weighted by atomic mass is 10.1. The van der Waals surface area contributed by atoms with Crippen LogP contribution < -0.4 is 0 Å². The fourth-order valence-electron chi connectivity index (χ4n) is 2.37. The van der Waals surface area contributed by atoms with Crippen molar-refractivity contribution < 1.29 is 13.2 Å². The SMILES string of the molecule is CC(C)Cc1sc(Cl)nc1C(=O)N1CCN(S(C)(=O)=O)CC1. The van der Waals surface area contributed by atoms with Gasteiger partial charge in [0.05, 0.1) is 6.26 Å². The average molecular weight is 366 g/mol. The maximum Gasteiger partial charge on any atom is 0.273 e. The first-order valence-electron chi connectivity index (χ1n) is 7.08. The number of hydrogen-bond donors (Lipinski definition) is 0. The second-order valence-electron chi connectivity index (χ2n) is 5.79. The van der Waals surface area contributed by atoms with Crippen LogP contribution in [0.5, 0.6) is 0 Å². The van der Waals surface area contributed by atoms with Gasteiger partial charge < -0.3 is 4.90 Å². The molecule has 0 unspecified atom stereocenters. The molecule has 2 rings (SSSR count). The van der Waals surface area contributed by atoms with Crippen molar-refractivity contribution in [3.63, 3.8) is 0 Å². The molecular weight excluding hydrogens is 346 g/mol. The summed E-state index contributed by atoms with van der Waals surface area (Å²) >= 11 is 7.30. The number of aromatic nitrogens is 1. The van der Waals surface area contributed by atoms with Crippen molar-refractivity contribution in [1.82, 2.24) is 14.2 Å². The van der Waals surface area contributed by atoms with Gasteiger partial charge in [0.15, 0.2) is 4.47 Å². The molecule has 0 spiro atoms. The summed E-state index contributed by atoms with van der Waals surface area (Å²) in [5.74, 6) is 0.247. The first-order valence-corrected chi connectivity index (χ1v) is 10.1. The van der Waals surface area contributed by atoms with Crippen molar-refractivity contribution in [2.24, 2.45) is 5.92 Å². The normalized spacial score (nSPS) is 17.2. The Morgan fingerprint density at radius 1 is 1.32 bits per heavy atom. The van der Waals surface area contributed by atoms with Gasteiger partial charge in [0.2, 0.25) is 10.0 Å². The summed E-state index contributed by atoms with van der Waals surface area (Å²) in [5, 5.41) is 0. The standard InChI is InChI=1S/C13H20ClN3O3S2/c1-9(2)8-10-11(15-13(14)21-10)12(18)16-4-6-17(7-5-16)22(3,19)20/h9H,4-8H2,1-3H3. The van der Waals surface area contributed by atoms with Crippen LogP contribution >= 0.6 is 22.9 Å². The number of rotatable bonds is 4. The van der Waals surface area contributed by atoms with Crippen molar-refractivity contribution in [2.45, 2.75) is 20.3 Å². The van der Waals surface area contributed by atoms with E-state index < -0.39 is 10.0 Å². The molecule has 0 atom stereocenters. The van der Waals surface area contributed by atoms with Gasteiger partial charge in [-0.15, -0.1) is 11.3 Å². The highest BCUT2D eigenvalue weighted by Crippen LogP contribution is 2.26. The van der Waals surface area contributed by atoms with Crippen LogP contribution in [0.15, 0.2) is 0 Å². The molecule has 1 amide bonds. The molecule has 9 heteroatoms. The van der Waals surface area contributed by atoms with Crippen LogP contribution in [0.2, 0.25) is 4.47 Å². The fraction of sp³-hybridized carbons (Fsp3) is 0.692. The molecule has 1 saturated heterocycles. The topological polar surface area (TPSA) is 70.6 Å². The number of halogens is 1. The molecule has 0 bridgehead atoms. The minimum atomic E-state index is -3.20. The molecule has 0 N–H and O–H groups in total. The third-order valence-electron chi connectivity index (χ3n) is 3.46. The van der Waals surface area contributed by atoms with Crippen LogP contribution in [0.4, 0.5) is 0 Å². The van der Waals surface area contributed by atoms with Crippen molar-refractivity contribution >= 4 is 38.9 Å². The summed E-state index contributed by atoms with van der Waals surface area (Å²) in [6.45, 7) is 5.55. The van der Waals surface area contributed by atoms with E-state index in [1.54, 1.807) is 4.90 Å². The predicted molar refractivity (Wildman–Crippen MR) is 88.0 cm³/mol. The van der Waals surface area contributed by atoms with Gasteiger partial charge in [-0.25, -0.2) is 13.4 Å². The molecule has 0 aliphatic carbocycles. The molecule has 0 aromatic carbocycles. The van der Waals surface area contributed by atoms with Gasteiger partial charge in [0, 0.05) is 31.1 Å². The zero-order chi connectivity index (χ0) is 16.5. The number of hydrogen-bond acceptors (Lipinski definition) is 5. The number of nitrogens with zero attached hydrogens (tertiary/aromatic N) is 3. The second kappa shape index (κ2) is 6.82. The number of thiazole rings is 1. The molecule has 0 radical (unpaired) electrons. The van der Waals surface area contributed by atoms with Crippen LogP contribution in [0.25, 0.3) is 0 Å². The van der Waals surface area contributed by atoms with E-state index in [9.17, 15) is 13.2 Å². The minimum Gasteiger partial charge on any atom is -0.335 e. The lowest BCUT2D eigenvalue weighted by Crippen LogP contribution is -2.50. The number of carbonyl (C=O) groups excluding carboxylic acids is 1. The number of sulfonamides is 1. The van der Waals surface area contributed by atoms with Crippen molar-refractivity contribution in [1.29, 1.82) is 0 Å². The fourth-order valence-corrected chi connectivity index (χ4v) is 4.55. The molecule has 22 heavy (non-hydrogen) atoms. The minimum absolute atomic E-state index is 0.160. The Hall–Kier alpha value is -0.700. The number of piperazine rings is 1. The molecular formula is C13H20ClN3O3S2. The summed E-state index contributed by atoms with van der Waals surface area (Å²) in [6, 6.07) is 0. The molecule has 124 valence electrons. The Bertz CT molecular complexity index is 649.